The minimum atomic E-state index is -3.66. The van der Waals surface area contributed by atoms with E-state index in [1.165, 1.54) is 13.2 Å². The van der Waals surface area contributed by atoms with Gasteiger partial charge in [-0.25, -0.2) is 13.1 Å². The molecule has 1 aromatic carbocycles. The molecular formula is C13H16N2O3S2. The Morgan fingerprint density at radius 3 is 2.65 bits per heavy atom. The fourth-order valence-corrected chi connectivity index (χ4v) is 3.86. The molecule has 1 heterocycles. The summed E-state index contributed by atoms with van der Waals surface area (Å²) in [6.07, 6.45) is 0. The van der Waals surface area contributed by atoms with E-state index in [0.29, 0.717) is 5.69 Å². The lowest BCUT2D eigenvalue weighted by atomic mass is 10.3. The average Bonchev–Trinajstić information content (AvgIpc) is 2.82. The molecule has 0 aliphatic carbocycles. The van der Waals surface area contributed by atoms with Gasteiger partial charge < -0.3 is 10.5 Å². The summed E-state index contributed by atoms with van der Waals surface area (Å²) in [5.41, 5.74) is 6.02. The molecule has 0 fully saturated rings. The van der Waals surface area contributed by atoms with Crippen LogP contribution in [0.1, 0.15) is 9.75 Å². The topological polar surface area (TPSA) is 81.4 Å². The van der Waals surface area contributed by atoms with Crippen LogP contribution < -0.4 is 15.2 Å². The molecule has 0 unspecified atom stereocenters. The minimum absolute atomic E-state index is 0.0493. The fraction of sp³-hybridized carbons (Fsp3) is 0.231. The number of thiophene rings is 1. The number of nitrogen functional groups attached to an aromatic ring is 1. The van der Waals surface area contributed by atoms with Gasteiger partial charge in [0.05, 0.1) is 7.11 Å². The highest BCUT2D eigenvalue weighted by molar-refractivity contribution is 7.89. The van der Waals surface area contributed by atoms with Gasteiger partial charge in [0.2, 0.25) is 10.0 Å². The molecule has 20 heavy (non-hydrogen) atoms. The molecule has 2 aromatic rings. The van der Waals surface area contributed by atoms with Crippen molar-refractivity contribution >= 4 is 27.0 Å². The van der Waals surface area contributed by atoms with Crippen molar-refractivity contribution in [2.75, 3.05) is 12.8 Å². The molecular weight excluding hydrogens is 296 g/mol. The number of nitrogens with two attached hydrogens (primary N) is 1. The second-order valence-electron chi connectivity index (χ2n) is 4.25. The largest absolute Gasteiger partial charge is 0.495 e. The molecule has 0 saturated heterocycles. The summed E-state index contributed by atoms with van der Waals surface area (Å²) in [4.78, 5) is 2.14. The Balaban J connectivity index is 2.24. The molecule has 0 aliphatic heterocycles. The first-order valence-electron chi connectivity index (χ1n) is 5.91. The number of nitrogens with one attached hydrogen (secondary N) is 1. The zero-order valence-electron chi connectivity index (χ0n) is 11.2. The number of rotatable bonds is 5. The molecule has 0 amide bonds. The van der Waals surface area contributed by atoms with Crippen LogP contribution >= 0.6 is 11.3 Å². The van der Waals surface area contributed by atoms with Gasteiger partial charge in [0.1, 0.15) is 10.6 Å². The van der Waals surface area contributed by atoms with Gasteiger partial charge in [-0.15, -0.1) is 11.3 Å². The Labute approximate surface area is 122 Å². The molecule has 108 valence electrons. The zero-order chi connectivity index (χ0) is 14.8. The summed E-state index contributed by atoms with van der Waals surface area (Å²) in [5, 5.41) is 0. The molecule has 3 N–H and O–H groups in total. The molecule has 5 nitrogen and oxygen atoms in total. The van der Waals surface area contributed by atoms with Crippen molar-refractivity contribution in [2.24, 2.45) is 0 Å². The maximum atomic E-state index is 12.3. The van der Waals surface area contributed by atoms with E-state index >= 15 is 0 Å². The van der Waals surface area contributed by atoms with Gasteiger partial charge in [-0.2, -0.15) is 0 Å². The van der Waals surface area contributed by atoms with Crippen molar-refractivity contribution in [1.82, 2.24) is 4.72 Å². The molecule has 0 aliphatic rings. The Morgan fingerprint density at radius 2 is 2.05 bits per heavy atom. The Bertz CT molecular complexity index is 708. The fourth-order valence-electron chi connectivity index (χ4n) is 1.73. The highest BCUT2D eigenvalue weighted by Gasteiger charge is 2.19. The number of sulfonamides is 1. The summed E-state index contributed by atoms with van der Waals surface area (Å²) in [6, 6.07) is 8.38. The van der Waals surface area contributed by atoms with E-state index in [4.69, 9.17) is 10.5 Å². The predicted octanol–water partition coefficient (Wildman–Crippen LogP) is 2.13. The van der Waals surface area contributed by atoms with Crippen LogP contribution in [-0.2, 0) is 16.6 Å². The van der Waals surface area contributed by atoms with E-state index in [2.05, 4.69) is 4.72 Å². The van der Waals surface area contributed by atoms with Crippen molar-refractivity contribution in [3.63, 3.8) is 0 Å². The Hall–Kier alpha value is -1.57. The summed E-state index contributed by atoms with van der Waals surface area (Å²) >= 11 is 1.55. The lowest BCUT2D eigenvalue weighted by Gasteiger charge is -2.10. The van der Waals surface area contributed by atoms with E-state index in [0.717, 1.165) is 9.75 Å². The number of hydrogen-bond donors (Lipinski definition) is 2. The van der Waals surface area contributed by atoms with Gasteiger partial charge in [0.25, 0.3) is 0 Å². The van der Waals surface area contributed by atoms with Crippen molar-refractivity contribution in [2.45, 2.75) is 18.4 Å². The van der Waals surface area contributed by atoms with Gasteiger partial charge in [-0.1, -0.05) is 0 Å². The third-order valence-corrected chi connectivity index (χ3v) is 5.13. The first-order valence-corrected chi connectivity index (χ1v) is 8.21. The lowest BCUT2D eigenvalue weighted by Crippen LogP contribution is -2.23. The maximum Gasteiger partial charge on any atom is 0.244 e. The van der Waals surface area contributed by atoms with Crippen LogP contribution in [0.25, 0.3) is 0 Å². The first kappa shape index (κ1) is 14.8. The molecule has 7 heteroatoms. The highest BCUT2D eigenvalue weighted by Crippen LogP contribution is 2.26. The summed E-state index contributed by atoms with van der Waals surface area (Å²) in [5.74, 6) is 0.272. The first-order chi connectivity index (χ1) is 9.42. The number of methoxy groups -OCH3 is 1. The molecule has 0 saturated carbocycles. The summed E-state index contributed by atoms with van der Waals surface area (Å²) < 4.78 is 32.2. The number of anilines is 1. The SMILES string of the molecule is COc1ccc(N)cc1S(=O)(=O)NCc1ccc(C)s1. The number of hydrogen-bond acceptors (Lipinski definition) is 5. The van der Waals surface area contributed by atoms with Crippen molar-refractivity contribution in [3.8, 4) is 5.75 Å². The molecule has 0 atom stereocenters. The van der Waals surface area contributed by atoms with Crippen molar-refractivity contribution in [1.29, 1.82) is 0 Å². The zero-order valence-corrected chi connectivity index (χ0v) is 12.8. The molecule has 0 spiro atoms. The standard InChI is InChI=1S/C13H16N2O3S2/c1-9-3-5-11(19-9)8-15-20(16,17)13-7-10(14)4-6-12(13)18-2/h3-7,15H,8,14H2,1-2H3. The van der Waals surface area contributed by atoms with Crippen LogP contribution in [0.4, 0.5) is 5.69 Å². The molecule has 0 radical (unpaired) electrons. The third-order valence-electron chi connectivity index (χ3n) is 2.71. The van der Waals surface area contributed by atoms with Crippen LogP contribution in [0.15, 0.2) is 35.2 Å². The third kappa shape index (κ3) is 3.30. The average molecular weight is 312 g/mol. The van der Waals surface area contributed by atoms with Crippen LogP contribution in [0, 0.1) is 6.92 Å². The molecule has 2 rings (SSSR count). The van der Waals surface area contributed by atoms with Crippen LogP contribution in [-0.4, -0.2) is 15.5 Å². The lowest BCUT2D eigenvalue weighted by molar-refractivity contribution is 0.402. The van der Waals surface area contributed by atoms with Gasteiger partial charge in [-0.05, 0) is 37.3 Å². The maximum absolute atomic E-state index is 12.3. The van der Waals surface area contributed by atoms with Crippen LogP contribution in [0.3, 0.4) is 0 Å². The minimum Gasteiger partial charge on any atom is -0.495 e. The van der Waals surface area contributed by atoms with E-state index in [9.17, 15) is 8.42 Å². The predicted molar refractivity (Wildman–Crippen MR) is 80.5 cm³/mol. The monoisotopic (exact) mass is 312 g/mol. The molecule has 0 bridgehead atoms. The highest BCUT2D eigenvalue weighted by atomic mass is 32.2. The van der Waals surface area contributed by atoms with Crippen molar-refractivity contribution < 1.29 is 13.2 Å². The van der Waals surface area contributed by atoms with E-state index in [1.54, 1.807) is 23.5 Å². The summed E-state index contributed by atoms with van der Waals surface area (Å²) in [6.45, 7) is 2.22. The van der Waals surface area contributed by atoms with Crippen LogP contribution in [0.2, 0.25) is 0 Å². The Morgan fingerprint density at radius 1 is 1.30 bits per heavy atom. The summed E-state index contributed by atoms with van der Waals surface area (Å²) in [7, 11) is -2.24. The number of benzene rings is 1. The smallest absolute Gasteiger partial charge is 0.244 e. The van der Waals surface area contributed by atoms with Crippen molar-refractivity contribution in [3.05, 3.63) is 40.1 Å². The number of aryl methyl sites for hydroxylation is 1. The Kier molecular flexibility index (Phi) is 4.32. The van der Waals surface area contributed by atoms with Crippen LogP contribution in [0.5, 0.6) is 5.75 Å². The van der Waals surface area contributed by atoms with Gasteiger partial charge >= 0.3 is 0 Å². The van der Waals surface area contributed by atoms with Gasteiger partial charge in [0.15, 0.2) is 0 Å². The molecule has 1 aromatic heterocycles. The van der Waals surface area contributed by atoms with E-state index in [-0.39, 0.29) is 17.2 Å². The normalized spacial score (nSPS) is 11.5. The van der Waals surface area contributed by atoms with E-state index < -0.39 is 10.0 Å². The second kappa shape index (κ2) is 5.82. The van der Waals surface area contributed by atoms with Gasteiger partial charge in [-0.3, -0.25) is 0 Å². The quantitative estimate of drug-likeness (QED) is 0.829. The van der Waals surface area contributed by atoms with E-state index in [1.807, 2.05) is 19.1 Å². The second-order valence-corrected chi connectivity index (χ2v) is 7.36. The van der Waals surface area contributed by atoms with Gasteiger partial charge in [0, 0.05) is 22.0 Å². The number of ether oxygens (including phenoxy) is 1.